The zero-order chi connectivity index (χ0) is 20.7. The average molecular weight is 389 g/mol. The molecule has 152 valence electrons. The number of ether oxygens (including phenoxy) is 1. The molecule has 0 spiro atoms. The molecule has 1 aromatic carbocycles. The lowest BCUT2D eigenvalue weighted by Gasteiger charge is -2.30. The summed E-state index contributed by atoms with van der Waals surface area (Å²) >= 11 is 0. The quantitative estimate of drug-likeness (QED) is 0.638. The van der Waals surface area contributed by atoms with Crippen LogP contribution in [0.4, 0.5) is 4.79 Å². The predicted molar refractivity (Wildman–Crippen MR) is 104 cm³/mol. The predicted octanol–water partition coefficient (Wildman–Crippen LogP) is 3.18. The second-order valence-electron chi connectivity index (χ2n) is 6.90. The van der Waals surface area contributed by atoms with Crippen LogP contribution in [-0.4, -0.2) is 52.2 Å². The van der Waals surface area contributed by atoms with Crippen LogP contribution in [0.1, 0.15) is 33.6 Å². The first-order valence-corrected chi connectivity index (χ1v) is 9.23. The topological polar surface area (TPSA) is 105 Å². The number of amides is 2. The highest BCUT2D eigenvalue weighted by Crippen LogP contribution is 2.22. The molecule has 0 bridgehead atoms. The Morgan fingerprint density at radius 2 is 1.82 bits per heavy atom. The number of carbonyl (C=O) groups is 2. The number of carboxylic acid groups (broad SMARTS) is 1. The van der Waals surface area contributed by atoms with E-state index in [-0.39, 0.29) is 37.6 Å². The summed E-state index contributed by atoms with van der Waals surface area (Å²) in [4.78, 5) is 29.1. The highest BCUT2D eigenvalue weighted by atomic mass is 16.5. The van der Waals surface area contributed by atoms with Crippen molar-refractivity contribution in [2.24, 2.45) is 0 Å². The van der Waals surface area contributed by atoms with Crippen molar-refractivity contribution in [3.63, 3.8) is 0 Å². The molecular weight excluding hydrogens is 362 g/mol. The van der Waals surface area contributed by atoms with Crippen LogP contribution in [0, 0.1) is 0 Å². The summed E-state index contributed by atoms with van der Waals surface area (Å²) in [5.74, 6) is 0.989. The lowest BCUT2D eigenvalue weighted by molar-refractivity contribution is -0.134. The molecule has 0 aliphatic carbocycles. The molecule has 2 aromatic rings. The molecule has 2 N–H and O–H groups in total. The van der Waals surface area contributed by atoms with Gasteiger partial charge in [-0.2, -0.15) is 0 Å². The highest BCUT2D eigenvalue weighted by Gasteiger charge is 2.22. The fraction of sp³-hybridized carbons (Fsp3) is 0.450. The number of oxazole rings is 1. The van der Waals surface area contributed by atoms with E-state index in [1.807, 2.05) is 44.7 Å². The summed E-state index contributed by atoms with van der Waals surface area (Å²) in [6.07, 6.45) is 0.572. The van der Waals surface area contributed by atoms with Crippen LogP contribution < -0.4 is 10.1 Å². The van der Waals surface area contributed by atoms with Gasteiger partial charge < -0.3 is 24.5 Å². The van der Waals surface area contributed by atoms with Crippen LogP contribution in [0.3, 0.4) is 0 Å². The number of aromatic nitrogens is 1. The van der Waals surface area contributed by atoms with Gasteiger partial charge in [-0.25, -0.2) is 9.78 Å². The summed E-state index contributed by atoms with van der Waals surface area (Å²) in [7, 11) is 0. The van der Waals surface area contributed by atoms with Crippen molar-refractivity contribution in [1.82, 2.24) is 15.2 Å². The van der Waals surface area contributed by atoms with E-state index in [2.05, 4.69) is 10.3 Å². The van der Waals surface area contributed by atoms with E-state index in [1.54, 1.807) is 12.1 Å². The van der Waals surface area contributed by atoms with Gasteiger partial charge in [0.1, 0.15) is 30.7 Å². The molecule has 1 heterocycles. The molecule has 0 radical (unpaired) electrons. The molecular formula is C20H27N3O5. The van der Waals surface area contributed by atoms with Gasteiger partial charge in [0.2, 0.25) is 11.8 Å². The van der Waals surface area contributed by atoms with Crippen LogP contribution in [0.2, 0.25) is 0 Å². The van der Waals surface area contributed by atoms with E-state index in [0.29, 0.717) is 17.3 Å². The molecule has 2 rings (SSSR count). The molecule has 0 aliphatic rings. The zero-order valence-corrected chi connectivity index (χ0v) is 16.6. The third-order valence-electron chi connectivity index (χ3n) is 4.05. The van der Waals surface area contributed by atoms with E-state index < -0.39 is 6.09 Å². The SMILES string of the molecule is CC(C)N(C(=O)Cc1nc(-c2ccc(OCCNC(=O)O)cc2)co1)C(C)C. The number of hydrogen-bond acceptors (Lipinski definition) is 5. The second-order valence-corrected chi connectivity index (χ2v) is 6.90. The first-order valence-electron chi connectivity index (χ1n) is 9.23. The number of carbonyl (C=O) groups excluding carboxylic acids is 1. The Kier molecular flexibility index (Phi) is 7.43. The average Bonchev–Trinajstić information content (AvgIpc) is 3.06. The Hall–Kier alpha value is -3.03. The lowest BCUT2D eigenvalue weighted by Crippen LogP contribution is -2.42. The molecule has 0 unspecified atom stereocenters. The normalized spacial score (nSPS) is 10.9. The van der Waals surface area contributed by atoms with Gasteiger partial charge in [0.15, 0.2) is 0 Å². The molecule has 0 saturated heterocycles. The van der Waals surface area contributed by atoms with Crippen LogP contribution in [0.25, 0.3) is 11.3 Å². The maximum atomic E-state index is 12.5. The van der Waals surface area contributed by atoms with Gasteiger partial charge in [-0.3, -0.25) is 4.79 Å². The van der Waals surface area contributed by atoms with Crippen molar-refractivity contribution in [2.75, 3.05) is 13.2 Å². The van der Waals surface area contributed by atoms with Crippen molar-refractivity contribution < 1.29 is 23.8 Å². The fourth-order valence-electron chi connectivity index (χ4n) is 2.97. The maximum Gasteiger partial charge on any atom is 0.404 e. The van der Waals surface area contributed by atoms with E-state index >= 15 is 0 Å². The van der Waals surface area contributed by atoms with E-state index in [0.717, 1.165) is 5.56 Å². The molecule has 0 saturated carbocycles. The van der Waals surface area contributed by atoms with Gasteiger partial charge in [0, 0.05) is 17.6 Å². The van der Waals surface area contributed by atoms with Crippen molar-refractivity contribution in [1.29, 1.82) is 0 Å². The second kappa shape index (κ2) is 9.77. The van der Waals surface area contributed by atoms with Gasteiger partial charge in [0.25, 0.3) is 0 Å². The zero-order valence-electron chi connectivity index (χ0n) is 16.6. The molecule has 1 aromatic heterocycles. The fourth-order valence-corrected chi connectivity index (χ4v) is 2.97. The van der Waals surface area contributed by atoms with Gasteiger partial charge in [-0.15, -0.1) is 0 Å². The summed E-state index contributed by atoms with van der Waals surface area (Å²) in [6.45, 7) is 8.40. The first kappa shape index (κ1) is 21.3. The van der Waals surface area contributed by atoms with Crippen LogP contribution in [-0.2, 0) is 11.2 Å². The van der Waals surface area contributed by atoms with E-state index in [1.165, 1.54) is 6.26 Å². The summed E-state index contributed by atoms with van der Waals surface area (Å²) in [5.41, 5.74) is 1.48. The summed E-state index contributed by atoms with van der Waals surface area (Å²) in [6, 6.07) is 7.43. The number of hydrogen-bond donors (Lipinski definition) is 2. The largest absolute Gasteiger partial charge is 0.492 e. The maximum absolute atomic E-state index is 12.5. The molecule has 0 atom stereocenters. The molecule has 8 nitrogen and oxygen atoms in total. The third kappa shape index (κ3) is 6.00. The minimum atomic E-state index is -1.08. The van der Waals surface area contributed by atoms with Crippen molar-refractivity contribution in [3.8, 4) is 17.0 Å². The molecule has 2 amide bonds. The highest BCUT2D eigenvalue weighted by molar-refractivity contribution is 5.78. The number of benzene rings is 1. The Labute approximate surface area is 164 Å². The number of nitrogens with zero attached hydrogens (tertiary/aromatic N) is 2. The van der Waals surface area contributed by atoms with Gasteiger partial charge in [0.05, 0.1) is 6.54 Å². The standard InChI is InChI=1S/C20H27N3O5/c1-13(2)23(14(3)4)19(24)11-18-22-17(12-28-18)15-5-7-16(8-6-15)27-10-9-21-20(25)26/h5-8,12-14,21H,9-11H2,1-4H3,(H,25,26). The Morgan fingerprint density at radius 3 is 2.39 bits per heavy atom. The molecule has 8 heteroatoms. The van der Waals surface area contributed by atoms with Crippen molar-refractivity contribution in [2.45, 2.75) is 46.2 Å². The van der Waals surface area contributed by atoms with Crippen molar-refractivity contribution in [3.05, 3.63) is 36.4 Å². The monoisotopic (exact) mass is 389 g/mol. The first-order chi connectivity index (χ1) is 13.3. The Balaban J connectivity index is 1.96. The van der Waals surface area contributed by atoms with Crippen LogP contribution in [0.15, 0.2) is 34.9 Å². The minimum Gasteiger partial charge on any atom is -0.492 e. The lowest BCUT2D eigenvalue weighted by atomic mass is 10.1. The van der Waals surface area contributed by atoms with Gasteiger partial charge in [-0.05, 0) is 52.0 Å². The van der Waals surface area contributed by atoms with Crippen LogP contribution in [0.5, 0.6) is 5.75 Å². The Bertz CT molecular complexity index is 775. The molecule has 0 fully saturated rings. The number of nitrogens with one attached hydrogen (secondary N) is 1. The Morgan fingerprint density at radius 1 is 1.18 bits per heavy atom. The van der Waals surface area contributed by atoms with Gasteiger partial charge in [-0.1, -0.05) is 0 Å². The van der Waals surface area contributed by atoms with Gasteiger partial charge >= 0.3 is 6.09 Å². The summed E-state index contributed by atoms with van der Waals surface area (Å²) < 4.78 is 10.9. The number of rotatable bonds is 9. The van der Waals surface area contributed by atoms with Crippen molar-refractivity contribution >= 4 is 12.0 Å². The molecule has 28 heavy (non-hydrogen) atoms. The smallest absolute Gasteiger partial charge is 0.404 e. The van der Waals surface area contributed by atoms with Crippen LogP contribution >= 0.6 is 0 Å². The summed E-state index contributed by atoms with van der Waals surface area (Å²) in [5, 5.41) is 10.7. The minimum absolute atomic E-state index is 0.0166. The van der Waals surface area contributed by atoms with E-state index in [4.69, 9.17) is 14.3 Å². The van der Waals surface area contributed by atoms with E-state index in [9.17, 15) is 9.59 Å². The molecule has 0 aliphatic heterocycles. The third-order valence-corrected chi connectivity index (χ3v) is 4.05.